The normalized spacial score (nSPS) is 11.6. The third kappa shape index (κ3) is 11.5. The monoisotopic (exact) mass is 424 g/mol. The minimum atomic E-state index is -3.43. The molecule has 0 aliphatic rings. The predicted molar refractivity (Wildman–Crippen MR) is 118 cm³/mol. The first kappa shape index (κ1) is 25.0. The highest BCUT2D eigenvalue weighted by molar-refractivity contribution is 7.91. The van der Waals surface area contributed by atoms with E-state index in [0.29, 0.717) is 13.0 Å². The highest BCUT2D eigenvalue weighted by Crippen LogP contribution is 2.23. The van der Waals surface area contributed by atoms with Gasteiger partial charge in [-0.3, -0.25) is 0 Å². The molecule has 1 rings (SSSR count). The van der Waals surface area contributed by atoms with Crippen molar-refractivity contribution in [1.82, 2.24) is 10.6 Å². The van der Waals surface area contributed by atoms with E-state index in [1.165, 1.54) is 12.1 Å². The third-order valence-electron chi connectivity index (χ3n) is 4.55. The molecule has 2 amide bonds. The number of unbranched alkanes of at least 4 members (excludes halogenated alkanes) is 6. The van der Waals surface area contributed by atoms with Crippen LogP contribution in [-0.2, 0) is 9.84 Å². The summed E-state index contributed by atoms with van der Waals surface area (Å²) in [5, 5.41) is 15.4. The Morgan fingerprint density at radius 2 is 1.52 bits per heavy atom. The summed E-state index contributed by atoms with van der Waals surface area (Å²) in [6, 6.07) is 5.97. The number of benzene rings is 1. The Labute approximate surface area is 175 Å². The van der Waals surface area contributed by atoms with Crippen molar-refractivity contribution in [3.63, 3.8) is 0 Å². The average molecular weight is 425 g/mol. The van der Waals surface area contributed by atoms with E-state index in [2.05, 4.69) is 29.7 Å². The van der Waals surface area contributed by atoms with Gasteiger partial charge in [0.15, 0.2) is 9.84 Å². The molecule has 0 aliphatic carbocycles. The summed E-state index contributed by atoms with van der Waals surface area (Å²) in [5.41, 5.74) is 0. The number of hydrogen-bond acceptors (Lipinski definition) is 4. The predicted octanol–water partition coefficient (Wildman–Crippen LogP) is 4.55. The Hall–Kier alpha value is -2.02. The summed E-state index contributed by atoms with van der Waals surface area (Å²) in [7, 11) is -3.43. The van der Waals surface area contributed by atoms with Crippen LogP contribution in [-0.4, -0.2) is 38.4 Å². The molecule has 0 saturated heterocycles. The molecule has 7 heteroatoms. The van der Waals surface area contributed by atoms with Gasteiger partial charge >= 0.3 is 6.03 Å². The maximum Gasteiger partial charge on any atom is 0.314 e. The van der Waals surface area contributed by atoms with Gasteiger partial charge in [0, 0.05) is 13.1 Å². The van der Waals surface area contributed by atoms with Gasteiger partial charge in [-0.05, 0) is 57.1 Å². The Kier molecular flexibility index (Phi) is 12.9. The second-order valence-electron chi connectivity index (χ2n) is 7.14. The first-order chi connectivity index (χ1) is 14.0. The van der Waals surface area contributed by atoms with Gasteiger partial charge in [0.2, 0.25) is 0 Å². The molecule has 0 spiro atoms. The summed E-state index contributed by atoms with van der Waals surface area (Å²) in [6.07, 6.45) is 12.6. The Morgan fingerprint density at radius 1 is 0.931 bits per heavy atom. The quantitative estimate of drug-likeness (QED) is 0.284. The Balaban J connectivity index is 2.02. The van der Waals surface area contributed by atoms with Crippen LogP contribution in [0.4, 0.5) is 4.79 Å². The minimum Gasteiger partial charge on any atom is -0.507 e. The molecular formula is C22H36N2O4S. The number of hydrogen-bond donors (Lipinski definition) is 3. The molecule has 29 heavy (non-hydrogen) atoms. The van der Waals surface area contributed by atoms with Crippen LogP contribution in [0.5, 0.6) is 5.75 Å². The number of phenols is 1. The molecule has 0 unspecified atom stereocenters. The van der Waals surface area contributed by atoms with Crippen LogP contribution in [0.25, 0.3) is 0 Å². The molecule has 3 N–H and O–H groups in total. The first-order valence-electron chi connectivity index (χ1n) is 10.6. The topological polar surface area (TPSA) is 95.5 Å². The van der Waals surface area contributed by atoms with E-state index < -0.39 is 9.84 Å². The van der Waals surface area contributed by atoms with Crippen molar-refractivity contribution in [3.05, 3.63) is 36.4 Å². The molecule has 0 radical (unpaired) electrons. The van der Waals surface area contributed by atoms with Gasteiger partial charge in [-0.25, -0.2) is 13.2 Å². The standard InChI is InChI=1S/C22H36N2O4S/c1-2-3-12-17-23-22(26)24-18-13-8-6-4-5-7-9-14-19-29(27,28)21-16-11-10-15-20(21)25/h4-5,10-11,15-16,25H,2-3,6-9,12-14,17-19H2,1H3,(H2,23,24,26)/b5-4+. The number of sulfone groups is 1. The molecule has 0 fully saturated rings. The third-order valence-corrected chi connectivity index (χ3v) is 6.39. The number of aromatic hydroxyl groups is 1. The van der Waals surface area contributed by atoms with Gasteiger partial charge in [0.1, 0.15) is 10.6 Å². The molecular weight excluding hydrogens is 388 g/mol. The lowest BCUT2D eigenvalue weighted by Crippen LogP contribution is -2.36. The van der Waals surface area contributed by atoms with E-state index in [9.17, 15) is 18.3 Å². The highest BCUT2D eigenvalue weighted by Gasteiger charge is 2.17. The van der Waals surface area contributed by atoms with Gasteiger partial charge < -0.3 is 15.7 Å². The summed E-state index contributed by atoms with van der Waals surface area (Å²) in [4.78, 5) is 11.5. The maximum absolute atomic E-state index is 12.2. The van der Waals surface area contributed by atoms with Crippen molar-refractivity contribution in [2.75, 3.05) is 18.8 Å². The summed E-state index contributed by atoms with van der Waals surface area (Å²) >= 11 is 0. The van der Waals surface area contributed by atoms with Crippen LogP contribution < -0.4 is 10.6 Å². The number of allylic oxidation sites excluding steroid dienone is 2. The molecule has 6 nitrogen and oxygen atoms in total. The first-order valence-corrected chi connectivity index (χ1v) is 12.3. The summed E-state index contributed by atoms with van der Waals surface area (Å²) < 4.78 is 24.4. The van der Waals surface area contributed by atoms with Crippen LogP contribution in [0.1, 0.15) is 64.7 Å². The molecule has 1 aromatic rings. The van der Waals surface area contributed by atoms with Crippen molar-refractivity contribution in [3.8, 4) is 5.75 Å². The fraction of sp³-hybridized carbons (Fsp3) is 0.591. The van der Waals surface area contributed by atoms with Gasteiger partial charge in [-0.2, -0.15) is 0 Å². The van der Waals surface area contributed by atoms with Crippen LogP contribution >= 0.6 is 0 Å². The van der Waals surface area contributed by atoms with Gasteiger partial charge in [0.05, 0.1) is 5.75 Å². The Bertz CT molecular complexity index is 717. The number of rotatable bonds is 15. The number of carbonyl (C=O) groups excluding carboxylic acids is 1. The van der Waals surface area contributed by atoms with Crippen LogP contribution in [0, 0.1) is 0 Å². The van der Waals surface area contributed by atoms with Gasteiger partial charge in [0.25, 0.3) is 0 Å². The van der Waals surface area contributed by atoms with Crippen molar-refractivity contribution in [2.24, 2.45) is 0 Å². The van der Waals surface area contributed by atoms with Crippen molar-refractivity contribution < 1.29 is 18.3 Å². The van der Waals surface area contributed by atoms with Crippen molar-refractivity contribution >= 4 is 15.9 Å². The number of carbonyl (C=O) groups is 1. The SMILES string of the molecule is CCCCCNC(=O)NCCCC/C=C/CCCCS(=O)(=O)c1ccccc1O. The molecule has 0 atom stereocenters. The fourth-order valence-corrected chi connectivity index (χ4v) is 4.33. The maximum atomic E-state index is 12.2. The zero-order valence-corrected chi connectivity index (χ0v) is 18.3. The Morgan fingerprint density at radius 3 is 2.14 bits per heavy atom. The lowest BCUT2D eigenvalue weighted by molar-refractivity contribution is 0.240. The van der Waals surface area contributed by atoms with E-state index >= 15 is 0 Å². The van der Waals surface area contributed by atoms with Crippen molar-refractivity contribution in [2.45, 2.75) is 69.6 Å². The number of amides is 2. The number of nitrogens with one attached hydrogen (secondary N) is 2. The molecule has 164 valence electrons. The second kappa shape index (κ2) is 14.9. The largest absolute Gasteiger partial charge is 0.507 e. The van der Waals surface area contributed by atoms with Crippen LogP contribution in [0.2, 0.25) is 0 Å². The molecule has 0 aromatic heterocycles. The fourth-order valence-electron chi connectivity index (χ4n) is 2.85. The molecule has 0 heterocycles. The van der Waals surface area contributed by atoms with Crippen LogP contribution in [0.15, 0.2) is 41.3 Å². The van der Waals surface area contributed by atoms with Crippen LogP contribution in [0.3, 0.4) is 0 Å². The van der Waals surface area contributed by atoms with E-state index in [4.69, 9.17) is 0 Å². The smallest absolute Gasteiger partial charge is 0.314 e. The van der Waals surface area contributed by atoms with E-state index in [0.717, 1.165) is 57.9 Å². The van der Waals surface area contributed by atoms with Gasteiger partial charge in [-0.15, -0.1) is 0 Å². The highest BCUT2D eigenvalue weighted by atomic mass is 32.2. The summed E-state index contributed by atoms with van der Waals surface area (Å²) in [6.45, 7) is 3.55. The van der Waals surface area contributed by atoms with E-state index in [1.807, 2.05) is 0 Å². The van der Waals surface area contributed by atoms with Gasteiger partial charge in [-0.1, -0.05) is 44.1 Å². The number of para-hydroxylation sites is 1. The summed E-state index contributed by atoms with van der Waals surface area (Å²) in [5.74, 6) is -0.138. The molecule has 1 aromatic carbocycles. The van der Waals surface area contributed by atoms with E-state index in [-0.39, 0.29) is 22.4 Å². The molecule has 0 aliphatic heterocycles. The lowest BCUT2D eigenvalue weighted by atomic mass is 10.2. The number of urea groups is 1. The second-order valence-corrected chi connectivity index (χ2v) is 9.22. The zero-order valence-electron chi connectivity index (χ0n) is 17.5. The molecule has 0 bridgehead atoms. The molecule has 0 saturated carbocycles. The zero-order chi connectivity index (χ0) is 21.4. The number of phenolic OH excluding ortho intramolecular Hbond substituents is 1. The van der Waals surface area contributed by atoms with Crippen molar-refractivity contribution in [1.29, 1.82) is 0 Å². The average Bonchev–Trinajstić information content (AvgIpc) is 2.69. The minimum absolute atomic E-state index is 0.0128. The lowest BCUT2D eigenvalue weighted by Gasteiger charge is -2.06. The van der Waals surface area contributed by atoms with E-state index in [1.54, 1.807) is 12.1 Å².